The molecule has 0 aliphatic carbocycles. The highest BCUT2D eigenvalue weighted by Crippen LogP contribution is 2.35. The summed E-state index contributed by atoms with van der Waals surface area (Å²) in [5.41, 5.74) is 1.02. The van der Waals surface area contributed by atoms with Crippen molar-refractivity contribution in [3.8, 4) is 22.6 Å². The molecule has 164 valence electrons. The standard InChI is InChI=1S/C22H15F4N3O3/c1-31-11-4-6-17(32-2)13(8-11)10-3-5-12-16(7-10)28-29-21(12)27-22(30)14-9-15(23)19(25)20(26)18(14)24/h3-9H,1-2H3,(H2,27,28,29,30). The van der Waals surface area contributed by atoms with E-state index in [4.69, 9.17) is 9.47 Å². The van der Waals surface area contributed by atoms with Gasteiger partial charge in [-0.05, 0) is 42.0 Å². The molecule has 0 aliphatic heterocycles. The second-order valence-electron chi connectivity index (χ2n) is 6.70. The third kappa shape index (κ3) is 3.59. The number of anilines is 1. The van der Waals surface area contributed by atoms with E-state index in [9.17, 15) is 22.4 Å². The Labute approximate surface area is 178 Å². The van der Waals surface area contributed by atoms with Crippen LogP contribution < -0.4 is 14.8 Å². The minimum Gasteiger partial charge on any atom is -0.497 e. The first-order valence-corrected chi connectivity index (χ1v) is 9.19. The van der Waals surface area contributed by atoms with Crippen molar-refractivity contribution in [2.75, 3.05) is 19.5 Å². The number of aromatic nitrogens is 2. The van der Waals surface area contributed by atoms with Gasteiger partial charge in [0.05, 0.1) is 25.3 Å². The second kappa shape index (κ2) is 8.22. The van der Waals surface area contributed by atoms with Crippen LogP contribution in [-0.2, 0) is 0 Å². The normalized spacial score (nSPS) is 10.9. The Hall–Kier alpha value is -4.08. The van der Waals surface area contributed by atoms with Crippen molar-refractivity contribution in [3.05, 3.63) is 71.3 Å². The lowest BCUT2D eigenvalue weighted by Crippen LogP contribution is -2.16. The number of rotatable bonds is 5. The number of methoxy groups -OCH3 is 2. The van der Waals surface area contributed by atoms with E-state index in [1.54, 1.807) is 43.5 Å². The number of amides is 1. The molecule has 4 aromatic rings. The van der Waals surface area contributed by atoms with E-state index in [0.29, 0.717) is 22.4 Å². The first-order valence-electron chi connectivity index (χ1n) is 9.19. The number of ether oxygens (including phenoxy) is 2. The van der Waals surface area contributed by atoms with Gasteiger partial charge in [0.1, 0.15) is 11.5 Å². The molecular formula is C22H15F4N3O3. The van der Waals surface area contributed by atoms with Crippen LogP contribution in [0.1, 0.15) is 10.4 Å². The van der Waals surface area contributed by atoms with Gasteiger partial charge in [0.25, 0.3) is 5.91 Å². The molecule has 0 saturated heterocycles. The molecule has 0 unspecified atom stereocenters. The molecule has 0 saturated carbocycles. The highest BCUT2D eigenvalue weighted by atomic mass is 19.2. The molecular weight excluding hydrogens is 430 g/mol. The molecule has 0 aliphatic rings. The first kappa shape index (κ1) is 21.2. The van der Waals surface area contributed by atoms with Crippen LogP contribution in [0.3, 0.4) is 0 Å². The topological polar surface area (TPSA) is 76.2 Å². The first-order chi connectivity index (χ1) is 15.3. The van der Waals surface area contributed by atoms with E-state index < -0.39 is 34.7 Å². The van der Waals surface area contributed by atoms with Gasteiger partial charge in [0.15, 0.2) is 29.1 Å². The van der Waals surface area contributed by atoms with E-state index in [1.807, 2.05) is 0 Å². The number of nitrogens with one attached hydrogen (secondary N) is 2. The second-order valence-corrected chi connectivity index (χ2v) is 6.70. The van der Waals surface area contributed by atoms with Crippen LogP contribution in [0.4, 0.5) is 23.4 Å². The van der Waals surface area contributed by atoms with Crippen molar-refractivity contribution in [3.63, 3.8) is 0 Å². The third-order valence-electron chi connectivity index (χ3n) is 4.86. The van der Waals surface area contributed by atoms with E-state index in [0.717, 1.165) is 11.1 Å². The van der Waals surface area contributed by atoms with Gasteiger partial charge in [0.2, 0.25) is 0 Å². The number of halogens is 4. The molecule has 0 bridgehead atoms. The molecule has 32 heavy (non-hydrogen) atoms. The number of nitrogens with zero attached hydrogens (tertiary/aromatic N) is 1. The molecule has 0 atom stereocenters. The molecule has 0 spiro atoms. The fraction of sp³-hybridized carbons (Fsp3) is 0.0909. The van der Waals surface area contributed by atoms with Crippen molar-refractivity contribution in [1.29, 1.82) is 0 Å². The van der Waals surface area contributed by atoms with E-state index in [1.165, 1.54) is 7.11 Å². The number of carbonyl (C=O) groups is 1. The average Bonchev–Trinajstić information content (AvgIpc) is 3.21. The predicted molar refractivity (Wildman–Crippen MR) is 109 cm³/mol. The number of hydrogen-bond acceptors (Lipinski definition) is 4. The minimum atomic E-state index is -2.07. The molecule has 0 radical (unpaired) electrons. The van der Waals surface area contributed by atoms with Gasteiger partial charge in [-0.1, -0.05) is 6.07 Å². The van der Waals surface area contributed by atoms with E-state index in [-0.39, 0.29) is 11.9 Å². The molecule has 1 aromatic heterocycles. The Morgan fingerprint density at radius 3 is 2.44 bits per heavy atom. The highest BCUT2D eigenvalue weighted by Gasteiger charge is 2.24. The Kier molecular flexibility index (Phi) is 5.43. The summed E-state index contributed by atoms with van der Waals surface area (Å²) in [5, 5.41) is 9.42. The number of carbonyl (C=O) groups excluding carboxylic acids is 1. The maximum absolute atomic E-state index is 13.9. The Morgan fingerprint density at radius 2 is 1.72 bits per heavy atom. The SMILES string of the molecule is COc1ccc(OC)c(-c2ccc3c(NC(=O)c4cc(F)c(F)c(F)c4F)n[nH]c3c2)c1. The summed E-state index contributed by atoms with van der Waals surface area (Å²) >= 11 is 0. The van der Waals surface area contributed by atoms with Gasteiger partial charge >= 0.3 is 0 Å². The van der Waals surface area contributed by atoms with Gasteiger partial charge in [-0.15, -0.1) is 0 Å². The zero-order valence-electron chi connectivity index (χ0n) is 16.7. The summed E-state index contributed by atoms with van der Waals surface area (Å²) in [6, 6.07) is 10.7. The maximum atomic E-state index is 13.9. The van der Waals surface area contributed by atoms with Gasteiger partial charge in [0, 0.05) is 10.9 Å². The smallest absolute Gasteiger partial charge is 0.260 e. The summed E-state index contributed by atoms with van der Waals surface area (Å²) in [7, 11) is 3.08. The monoisotopic (exact) mass is 445 g/mol. The molecule has 3 aromatic carbocycles. The fourth-order valence-electron chi connectivity index (χ4n) is 3.24. The molecule has 6 nitrogen and oxygen atoms in total. The van der Waals surface area contributed by atoms with Crippen molar-refractivity contribution >= 4 is 22.6 Å². The lowest BCUT2D eigenvalue weighted by molar-refractivity contribution is 0.102. The molecule has 0 fully saturated rings. The largest absolute Gasteiger partial charge is 0.497 e. The summed E-state index contributed by atoms with van der Waals surface area (Å²) in [4.78, 5) is 12.3. The molecule has 1 heterocycles. The minimum absolute atomic E-state index is 0.00121. The Morgan fingerprint density at radius 1 is 0.938 bits per heavy atom. The van der Waals surface area contributed by atoms with Gasteiger partial charge in [-0.3, -0.25) is 9.89 Å². The molecule has 10 heteroatoms. The van der Waals surface area contributed by atoms with E-state index >= 15 is 0 Å². The molecule has 4 rings (SSSR count). The molecule has 2 N–H and O–H groups in total. The summed E-state index contributed by atoms with van der Waals surface area (Å²) in [6.07, 6.45) is 0. The number of hydrogen-bond donors (Lipinski definition) is 2. The van der Waals surface area contributed by atoms with Crippen LogP contribution in [0.15, 0.2) is 42.5 Å². The van der Waals surface area contributed by atoms with Gasteiger partial charge in [-0.2, -0.15) is 5.10 Å². The average molecular weight is 445 g/mol. The fourth-order valence-corrected chi connectivity index (χ4v) is 3.24. The van der Waals surface area contributed by atoms with Crippen molar-refractivity contribution in [1.82, 2.24) is 10.2 Å². The van der Waals surface area contributed by atoms with Crippen LogP contribution in [-0.4, -0.2) is 30.3 Å². The van der Waals surface area contributed by atoms with Crippen molar-refractivity contribution in [2.45, 2.75) is 0 Å². The summed E-state index contributed by atoms with van der Waals surface area (Å²) in [6.45, 7) is 0. The third-order valence-corrected chi connectivity index (χ3v) is 4.86. The summed E-state index contributed by atoms with van der Waals surface area (Å²) < 4.78 is 64.6. The Balaban J connectivity index is 1.69. The van der Waals surface area contributed by atoms with Gasteiger partial charge in [-0.25, -0.2) is 17.6 Å². The quantitative estimate of drug-likeness (QED) is 0.256. The van der Waals surface area contributed by atoms with E-state index in [2.05, 4.69) is 15.5 Å². The van der Waals surface area contributed by atoms with Crippen molar-refractivity contribution in [2.24, 2.45) is 0 Å². The van der Waals surface area contributed by atoms with Gasteiger partial charge < -0.3 is 14.8 Å². The predicted octanol–water partition coefficient (Wildman–Crippen LogP) is 5.06. The number of H-pyrrole nitrogens is 1. The van der Waals surface area contributed by atoms with Crippen LogP contribution in [0.2, 0.25) is 0 Å². The zero-order valence-corrected chi connectivity index (χ0v) is 16.7. The Bertz CT molecular complexity index is 1350. The zero-order chi connectivity index (χ0) is 23.0. The van der Waals surface area contributed by atoms with Crippen LogP contribution in [0.5, 0.6) is 11.5 Å². The highest BCUT2D eigenvalue weighted by molar-refractivity contribution is 6.08. The summed E-state index contributed by atoms with van der Waals surface area (Å²) in [5.74, 6) is -7.51. The maximum Gasteiger partial charge on any atom is 0.260 e. The molecule has 1 amide bonds. The van der Waals surface area contributed by atoms with Crippen molar-refractivity contribution < 1.29 is 31.8 Å². The van der Waals surface area contributed by atoms with Crippen LogP contribution in [0.25, 0.3) is 22.0 Å². The lowest BCUT2D eigenvalue weighted by Gasteiger charge is -2.11. The van der Waals surface area contributed by atoms with Crippen LogP contribution in [0, 0.1) is 23.3 Å². The number of benzene rings is 3. The lowest BCUT2D eigenvalue weighted by atomic mass is 10.0. The van der Waals surface area contributed by atoms with Crippen LogP contribution >= 0.6 is 0 Å². The number of aromatic amines is 1. The number of fused-ring (bicyclic) bond motifs is 1.